The fourth-order valence-corrected chi connectivity index (χ4v) is 3.05. The molecule has 120 valence electrons. The summed E-state index contributed by atoms with van der Waals surface area (Å²) in [4.78, 5) is 18.7. The molecule has 2 rings (SSSR count). The molecule has 2 heterocycles. The van der Waals surface area contributed by atoms with Gasteiger partial charge in [0.15, 0.2) is 0 Å². The zero-order valence-electron chi connectivity index (χ0n) is 13.6. The average molecular weight is 301 g/mol. The number of nitrogens with one attached hydrogen (secondary N) is 1. The van der Waals surface area contributed by atoms with Crippen molar-refractivity contribution in [3.63, 3.8) is 0 Å². The Bertz CT molecular complexity index is 501. The minimum absolute atomic E-state index is 0.155. The number of nitrogens with zero attached hydrogens (tertiary/aromatic N) is 2. The van der Waals surface area contributed by atoms with Crippen LogP contribution in [0.4, 0.5) is 0 Å². The zero-order chi connectivity index (χ0) is 15.8. The van der Waals surface area contributed by atoms with Crippen molar-refractivity contribution in [1.29, 1.82) is 0 Å². The van der Waals surface area contributed by atoms with Crippen LogP contribution in [0.5, 0.6) is 0 Å². The second-order valence-electron chi connectivity index (χ2n) is 5.87. The molecule has 4 heteroatoms. The second-order valence-corrected chi connectivity index (χ2v) is 5.87. The summed E-state index contributed by atoms with van der Waals surface area (Å²) in [6.45, 7) is 8.98. The number of aromatic nitrogens is 1. The summed E-state index contributed by atoms with van der Waals surface area (Å²) in [5.74, 6) is 0.155. The van der Waals surface area contributed by atoms with Crippen LogP contribution in [-0.4, -0.2) is 41.5 Å². The smallest absolute Gasteiger partial charge is 0.220 e. The molecule has 0 aliphatic carbocycles. The largest absolute Gasteiger partial charge is 0.355 e. The van der Waals surface area contributed by atoms with Crippen molar-refractivity contribution in [2.45, 2.75) is 45.1 Å². The van der Waals surface area contributed by atoms with Gasteiger partial charge in [0.25, 0.3) is 0 Å². The maximum Gasteiger partial charge on any atom is 0.220 e. The number of amides is 1. The number of hydrogen-bond donors (Lipinski definition) is 1. The second kappa shape index (κ2) is 8.69. The van der Waals surface area contributed by atoms with Crippen LogP contribution < -0.4 is 5.32 Å². The van der Waals surface area contributed by atoms with Crippen molar-refractivity contribution in [3.05, 3.63) is 36.2 Å². The van der Waals surface area contributed by atoms with Gasteiger partial charge in [-0.25, -0.2) is 0 Å². The van der Waals surface area contributed by atoms with Gasteiger partial charge in [0.2, 0.25) is 5.91 Å². The fourth-order valence-electron chi connectivity index (χ4n) is 3.05. The molecule has 1 aliphatic heterocycles. The number of carbonyl (C=O) groups is 1. The lowest BCUT2D eigenvalue weighted by molar-refractivity contribution is -0.121. The standard InChI is InChI=1S/C18H27N3O/c1-3-15-10-11-19-16(13-15)7-5-9-18(22)20-14-17-8-6-12-21(17)4-2/h3,10-11,13,17H,1,4-9,12,14H2,2H3,(H,20,22). The molecular weight excluding hydrogens is 274 g/mol. The summed E-state index contributed by atoms with van der Waals surface area (Å²) < 4.78 is 0. The first-order valence-corrected chi connectivity index (χ1v) is 8.31. The number of carbonyl (C=O) groups excluding carboxylic acids is 1. The van der Waals surface area contributed by atoms with E-state index in [0.29, 0.717) is 12.5 Å². The van der Waals surface area contributed by atoms with Crippen molar-refractivity contribution in [2.24, 2.45) is 0 Å². The zero-order valence-corrected chi connectivity index (χ0v) is 13.6. The third-order valence-electron chi connectivity index (χ3n) is 4.35. The van der Waals surface area contributed by atoms with Gasteiger partial charge < -0.3 is 5.32 Å². The number of pyridine rings is 1. The maximum atomic E-state index is 11.9. The molecule has 1 saturated heterocycles. The average Bonchev–Trinajstić information content (AvgIpc) is 3.00. The lowest BCUT2D eigenvalue weighted by Gasteiger charge is -2.22. The Morgan fingerprint density at radius 1 is 1.59 bits per heavy atom. The highest BCUT2D eigenvalue weighted by atomic mass is 16.1. The molecule has 4 nitrogen and oxygen atoms in total. The minimum Gasteiger partial charge on any atom is -0.355 e. The number of aryl methyl sites for hydroxylation is 1. The predicted octanol–water partition coefficient (Wildman–Crippen LogP) is 2.65. The lowest BCUT2D eigenvalue weighted by Crippen LogP contribution is -2.39. The molecule has 1 atom stereocenters. The number of hydrogen-bond acceptors (Lipinski definition) is 3. The van der Waals surface area contributed by atoms with E-state index in [4.69, 9.17) is 0 Å². The molecule has 22 heavy (non-hydrogen) atoms. The topological polar surface area (TPSA) is 45.2 Å². The van der Waals surface area contributed by atoms with Gasteiger partial charge in [0.05, 0.1) is 0 Å². The first-order valence-electron chi connectivity index (χ1n) is 8.31. The van der Waals surface area contributed by atoms with E-state index in [1.807, 2.05) is 18.2 Å². The minimum atomic E-state index is 0.155. The van der Waals surface area contributed by atoms with Crippen LogP contribution in [-0.2, 0) is 11.2 Å². The Balaban J connectivity index is 1.66. The Morgan fingerprint density at radius 3 is 3.23 bits per heavy atom. The molecule has 1 fully saturated rings. The van der Waals surface area contributed by atoms with Crippen LogP contribution in [0.15, 0.2) is 24.9 Å². The van der Waals surface area contributed by atoms with Gasteiger partial charge >= 0.3 is 0 Å². The first kappa shape index (κ1) is 16.7. The third-order valence-corrected chi connectivity index (χ3v) is 4.35. The summed E-state index contributed by atoms with van der Waals surface area (Å²) >= 11 is 0. The molecule has 1 N–H and O–H groups in total. The fraction of sp³-hybridized carbons (Fsp3) is 0.556. The predicted molar refractivity (Wildman–Crippen MR) is 90.5 cm³/mol. The molecule has 0 aromatic carbocycles. The monoisotopic (exact) mass is 301 g/mol. The lowest BCUT2D eigenvalue weighted by atomic mass is 10.1. The highest BCUT2D eigenvalue weighted by Gasteiger charge is 2.22. The molecule has 0 saturated carbocycles. The molecule has 0 spiro atoms. The van der Waals surface area contributed by atoms with E-state index in [0.717, 1.165) is 37.2 Å². The van der Waals surface area contributed by atoms with E-state index in [1.165, 1.54) is 19.4 Å². The normalized spacial score (nSPS) is 18.3. The molecule has 1 aliphatic rings. The van der Waals surface area contributed by atoms with E-state index in [-0.39, 0.29) is 5.91 Å². The van der Waals surface area contributed by atoms with Crippen molar-refractivity contribution in [3.8, 4) is 0 Å². The third kappa shape index (κ3) is 4.95. The summed E-state index contributed by atoms with van der Waals surface area (Å²) in [7, 11) is 0. The molecule has 0 radical (unpaired) electrons. The van der Waals surface area contributed by atoms with Crippen LogP contribution in [0.2, 0.25) is 0 Å². The van der Waals surface area contributed by atoms with Crippen molar-refractivity contribution < 1.29 is 4.79 Å². The van der Waals surface area contributed by atoms with Crippen LogP contribution >= 0.6 is 0 Å². The molecule has 1 aromatic heterocycles. The number of likely N-dealkylation sites (tertiary alicyclic amines) is 1. The highest BCUT2D eigenvalue weighted by molar-refractivity contribution is 5.75. The summed E-state index contributed by atoms with van der Waals surface area (Å²) in [5, 5.41) is 3.08. The summed E-state index contributed by atoms with van der Waals surface area (Å²) in [5.41, 5.74) is 2.11. The van der Waals surface area contributed by atoms with Crippen LogP contribution in [0, 0.1) is 0 Å². The first-order chi connectivity index (χ1) is 10.7. The van der Waals surface area contributed by atoms with E-state index in [1.54, 1.807) is 6.20 Å². The van der Waals surface area contributed by atoms with Gasteiger partial charge in [-0.05, 0) is 56.5 Å². The molecule has 1 aromatic rings. The quantitative estimate of drug-likeness (QED) is 0.803. The van der Waals surface area contributed by atoms with Gasteiger partial charge in [-0.15, -0.1) is 0 Å². The van der Waals surface area contributed by atoms with Gasteiger partial charge in [-0.3, -0.25) is 14.7 Å². The van der Waals surface area contributed by atoms with Crippen LogP contribution in [0.1, 0.15) is 43.9 Å². The number of likely N-dealkylation sites (N-methyl/N-ethyl adjacent to an activating group) is 1. The Hall–Kier alpha value is -1.68. The Morgan fingerprint density at radius 2 is 2.45 bits per heavy atom. The Kier molecular flexibility index (Phi) is 6.59. The van der Waals surface area contributed by atoms with Crippen LogP contribution in [0.25, 0.3) is 6.08 Å². The van der Waals surface area contributed by atoms with E-state index >= 15 is 0 Å². The van der Waals surface area contributed by atoms with Crippen molar-refractivity contribution in [1.82, 2.24) is 15.2 Å². The maximum absolute atomic E-state index is 11.9. The molecule has 0 bridgehead atoms. The van der Waals surface area contributed by atoms with Gasteiger partial charge in [-0.1, -0.05) is 19.6 Å². The molecule has 1 unspecified atom stereocenters. The molecular formula is C18H27N3O. The van der Waals surface area contributed by atoms with E-state index < -0.39 is 0 Å². The van der Waals surface area contributed by atoms with Gasteiger partial charge in [0.1, 0.15) is 0 Å². The van der Waals surface area contributed by atoms with E-state index in [2.05, 4.69) is 28.7 Å². The number of rotatable bonds is 8. The van der Waals surface area contributed by atoms with Gasteiger partial charge in [0, 0.05) is 30.9 Å². The summed E-state index contributed by atoms with van der Waals surface area (Å²) in [6, 6.07) is 4.49. The van der Waals surface area contributed by atoms with Gasteiger partial charge in [-0.2, -0.15) is 0 Å². The SMILES string of the molecule is C=Cc1ccnc(CCCC(=O)NCC2CCCN2CC)c1. The summed E-state index contributed by atoms with van der Waals surface area (Å²) in [6.07, 6.45) is 8.30. The van der Waals surface area contributed by atoms with Crippen molar-refractivity contribution >= 4 is 12.0 Å². The Labute approximate surface area is 133 Å². The molecule has 1 amide bonds. The van der Waals surface area contributed by atoms with Crippen molar-refractivity contribution in [2.75, 3.05) is 19.6 Å². The van der Waals surface area contributed by atoms with E-state index in [9.17, 15) is 4.79 Å². The highest BCUT2D eigenvalue weighted by Crippen LogP contribution is 2.15. The van der Waals surface area contributed by atoms with Crippen LogP contribution in [0.3, 0.4) is 0 Å².